The lowest BCUT2D eigenvalue weighted by atomic mass is 10.1. The second-order valence-electron chi connectivity index (χ2n) is 5.30. The number of benzene rings is 3. The molecule has 0 aliphatic carbocycles. The first kappa shape index (κ1) is 15.2. The molecule has 3 nitrogen and oxygen atoms in total. The molecule has 0 radical (unpaired) electrons. The summed E-state index contributed by atoms with van der Waals surface area (Å²) in [5.74, 6) is 0.330. The van der Waals surface area contributed by atoms with E-state index in [2.05, 4.69) is 34.6 Å². The molecular formula is C19H14N2OS2. The average Bonchev–Trinajstić information content (AvgIpc) is 3.02. The van der Waals surface area contributed by atoms with Crippen molar-refractivity contribution in [3.05, 3.63) is 66.7 Å². The van der Waals surface area contributed by atoms with Gasteiger partial charge in [-0.25, -0.2) is 4.98 Å². The number of carbonyl (C=O) groups excluding carboxylic acids is 1. The van der Waals surface area contributed by atoms with Gasteiger partial charge in [0.25, 0.3) is 0 Å². The van der Waals surface area contributed by atoms with Gasteiger partial charge in [-0.1, -0.05) is 59.9 Å². The molecule has 0 saturated heterocycles. The minimum absolute atomic E-state index is 0.0352. The van der Waals surface area contributed by atoms with E-state index in [1.165, 1.54) is 22.1 Å². The molecule has 0 bridgehead atoms. The lowest BCUT2D eigenvalue weighted by Crippen LogP contribution is -2.13. The van der Waals surface area contributed by atoms with E-state index in [-0.39, 0.29) is 5.91 Å². The van der Waals surface area contributed by atoms with Gasteiger partial charge >= 0.3 is 0 Å². The summed E-state index contributed by atoms with van der Waals surface area (Å²) in [6.07, 6.45) is 0. The molecule has 118 valence electrons. The van der Waals surface area contributed by atoms with Gasteiger partial charge in [0.1, 0.15) is 0 Å². The van der Waals surface area contributed by atoms with Gasteiger partial charge in [0, 0.05) is 4.90 Å². The van der Waals surface area contributed by atoms with E-state index < -0.39 is 0 Å². The van der Waals surface area contributed by atoms with Crippen LogP contribution in [-0.2, 0) is 4.79 Å². The third-order valence-electron chi connectivity index (χ3n) is 3.65. The smallest absolute Gasteiger partial charge is 0.236 e. The maximum absolute atomic E-state index is 12.2. The van der Waals surface area contributed by atoms with Crippen molar-refractivity contribution in [1.82, 2.24) is 4.98 Å². The van der Waals surface area contributed by atoms with E-state index in [1.807, 2.05) is 42.5 Å². The SMILES string of the molecule is O=C(CSc1cccc2ccccc12)Nc1nc2ccccc2s1. The fraction of sp³-hybridized carbons (Fsp3) is 0.0526. The first-order valence-corrected chi connectivity index (χ1v) is 9.36. The first-order valence-electron chi connectivity index (χ1n) is 7.55. The Kier molecular flexibility index (Phi) is 4.19. The normalized spacial score (nSPS) is 11.0. The van der Waals surface area contributed by atoms with Crippen LogP contribution in [-0.4, -0.2) is 16.6 Å². The number of fused-ring (bicyclic) bond motifs is 2. The fourth-order valence-electron chi connectivity index (χ4n) is 2.55. The number of carbonyl (C=O) groups is 1. The maximum atomic E-state index is 12.2. The zero-order valence-electron chi connectivity index (χ0n) is 12.7. The monoisotopic (exact) mass is 350 g/mol. The summed E-state index contributed by atoms with van der Waals surface area (Å²) < 4.78 is 1.08. The van der Waals surface area contributed by atoms with Crippen molar-refractivity contribution in [1.29, 1.82) is 0 Å². The van der Waals surface area contributed by atoms with E-state index in [0.717, 1.165) is 15.1 Å². The number of nitrogens with zero attached hydrogens (tertiary/aromatic N) is 1. The van der Waals surface area contributed by atoms with Crippen molar-refractivity contribution in [3.8, 4) is 0 Å². The molecule has 0 unspecified atom stereocenters. The number of anilines is 1. The zero-order chi connectivity index (χ0) is 16.4. The summed E-state index contributed by atoms with van der Waals surface area (Å²) in [6, 6.07) is 22.3. The Morgan fingerprint density at radius 3 is 2.71 bits per heavy atom. The van der Waals surface area contributed by atoms with Crippen LogP contribution in [0.3, 0.4) is 0 Å². The van der Waals surface area contributed by atoms with Crippen molar-refractivity contribution in [2.24, 2.45) is 0 Å². The molecule has 0 fully saturated rings. The molecule has 5 heteroatoms. The number of aromatic nitrogens is 1. The average molecular weight is 350 g/mol. The highest BCUT2D eigenvalue weighted by Crippen LogP contribution is 2.29. The van der Waals surface area contributed by atoms with Crippen molar-refractivity contribution in [2.75, 3.05) is 11.1 Å². The van der Waals surface area contributed by atoms with Gasteiger partial charge in [-0.2, -0.15) is 0 Å². The van der Waals surface area contributed by atoms with Gasteiger partial charge in [0.15, 0.2) is 5.13 Å². The third kappa shape index (κ3) is 3.13. The van der Waals surface area contributed by atoms with E-state index in [0.29, 0.717) is 10.9 Å². The summed E-state index contributed by atoms with van der Waals surface area (Å²) >= 11 is 3.05. The number of thiazole rings is 1. The lowest BCUT2D eigenvalue weighted by Gasteiger charge is -2.06. The Hall–Kier alpha value is -2.37. The second-order valence-corrected chi connectivity index (χ2v) is 7.35. The van der Waals surface area contributed by atoms with Gasteiger partial charge < -0.3 is 5.32 Å². The Morgan fingerprint density at radius 1 is 1.00 bits per heavy atom. The quantitative estimate of drug-likeness (QED) is 0.516. The molecule has 4 aromatic rings. The molecular weight excluding hydrogens is 336 g/mol. The Bertz CT molecular complexity index is 988. The third-order valence-corrected chi connectivity index (χ3v) is 5.67. The number of amides is 1. The van der Waals surface area contributed by atoms with E-state index in [9.17, 15) is 4.79 Å². The topological polar surface area (TPSA) is 42.0 Å². The zero-order valence-corrected chi connectivity index (χ0v) is 14.4. The van der Waals surface area contributed by atoms with Crippen LogP contribution >= 0.6 is 23.1 Å². The predicted molar refractivity (Wildman–Crippen MR) is 103 cm³/mol. The van der Waals surface area contributed by atoms with Crippen molar-refractivity contribution in [3.63, 3.8) is 0 Å². The van der Waals surface area contributed by atoms with E-state index >= 15 is 0 Å². The molecule has 0 atom stereocenters. The highest BCUT2D eigenvalue weighted by molar-refractivity contribution is 8.00. The van der Waals surface area contributed by atoms with Gasteiger partial charge in [-0.05, 0) is 29.0 Å². The molecule has 0 aliphatic rings. The van der Waals surface area contributed by atoms with E-state index in [4.69, 9.17) is 0 Å². The molecule has 1 N–H and O–H groups in total. The number of hydrogen-bond donors (Lipinski definition) is 1. The number of hydrogen-bond acceptors (Lipinski definition) is 4. The molecule has 1 aromatic heterocycles. The van der Waals surface area contributed by atoms with Crippen LogP contribution in [0.1, 0.15) is 0 Å². The highest BCUT2D eigenvalue weighted by Gasteiger charge is 2.09. The van der Waals surface area contributed by atoms with Crippen LogP contribution in [0, 0.1) is 0 Å². The second kappa shape index (κ2) is 6.63. The first-order chi connectivity index (χ1) is 11.8. The van der Waals surface area contributed by atoms with Gasteiger partial charge in [-0.15, -0.1) is 11.8 Å². The summed E-state index contributed by atoms with van der Waals surface area (Å²) in [5.41, 5.74) is 0.916. The molecule has 1 amide bonds. The van der Waals surface area contributed by atoms with Gasteiger partial charge in [0.05, 0.1) is 16.0 Å². The Balaban J connectivity index is 1.46. The van der Waals surface area contributed by atoms with E-state index in [1.54, 1.807) is 11.8 Å². The molecule has 0 saturated carbocycles. The molecule has 3 aromatic carbocycles. The molecule has 4 rings (SSSR count). The van der Waals surface area contributed by atoms with Crippen molar-refractivity contribution < 1.29 is 4.79 Å². The molecule has 1 heterocycles. The number of thioether (sulfide) groups is 1. The summed E-state index contributed by atoms with van der Waals surface area (Å²) in [6.45, 7) is 0. The predicted octanol–water partition coefficient (Wildman–Crippen LogP) is 5.18. The highest BCUT2D eigenvalue weighted by atomic mass is 32.2. The standard InChI is InChI=1S/C19H14N2OS2/c22-18(21-19-20-15-9-3-4-10-17(15)24-19)12-23-16-11-5-7-13-6-1-2-8-14(13)16/h1-11H,12H2,(H,20,21,22). The van der Waals surface area contributed by atoms with Crippen LogP contribution in [0.5, 0.6) is 0 Å². The van der Waals surface area contributed by atoms with Gasteiger partial charge in [-0.3, -0.25) is 4.79 Å². The van der Waals surface area contributed by atoms with Gasteiger partial charge in [0.2, 0.25) is 5.91 Å². The van der Waals surface area contributed by atoms with Crippen LogP contribution in [0.15, 0.2) is 71.6 Å². The van der Waals surface area contributed by atoms with Crippen LogP contribution in [0.4, 0.5) is 5.13 Å². The van der Waals surface area contributed by atoms with Crippen molar-refractivity contribution >= 4 is 55.1 Å². The summed E-state index contributed by atoms with van der Waals surface area (Å²) in [5, 5.41) is 5.92. The van der Waals surface area contributed by atoms with Crippen LogP contribution in [0.2, 0.25) is 0 Å². The molecule has 0 spiro atoms. The number of rotatable bonds is 4. The molecule has 0 aliphatic heterocycles. The Morgan fingerprint density at radius 2 is 1.79 bits per heavy atom. The largest absolute Gasteiger partial charge is 0.301 e. The lowest BCUT2D eigenvalue weighted by molar-refractivity contribution is -0.113. The minimum atomic E-state index is -0.0352. The number of para-hydroxylation sites is 1. The Labute approximate surface area is 147 Å². The van der Waals surface area contributed by atoms with Crippen molar-refractivity contribution in [2.45, 2.75) is 4.90 Å². The summed E-state index contributed by atoms with van der Waals surface area (Å²) in [4.78, 5) is 17.8. The maximum Gasteiger partial charge on any atom is 0.236 e. The summed E-state index contributed by atoms with van der Waals surface area (Å²) in [7, 11) is 0. The minimum Gasteiger partial charge on any atom is -0.301 e. The van der Waals surface area contributed by atoms with Crippen LogP contribution < -0.4 is 5.32 Å². The van der Waals surface area contributed by atoms with Crippen LogP contribution in [0.25, 0.3) is 21.0 Å². The fourth-order valence-corrected chi connectivity index (χ4v) is 4.30. The molecule has 24 heavy (non-hydrogen) atoms. The number of nitrogens with one attached hydrogen (secondary N) is 1.